The second-order valence-corrected chi connectivity index (χ2v) is 4.95. The molecule has 0 saturated carbocycles. The van der Waals surface area contributed by atoms with E-state index in [0.29, 0.717) is 18.7 Å². The van der Waals surface area contributed by atoms with E-state index in [1.807, 2.05) is 31.2 Å². The number of carbonyl (C=O) groups is 1. The van der Waals surface area contributed by atoms with Gasteiger partial charge in [-0.25, -0.2) is 10.8 Å². The molecular formula is C13H15N3O2S. The molecule has 1 heterocycles. The van der Waals surface area contributed by atoms with Crippen LogP contribution in [-0.4, -0.2) is 17.5 Å². The Bertz CT molecular complexity index is 551. The molecule has 0 radical (unpaired) electrons. The van der Waals surface area contributed by atoms with E-state index in [0.717, 1.165) is 10.8 Å². The van der Waals surface area contributed by atoms with Gasteiger partial charge in [0.2, 0.25) is 0 Å². The number of benzene rings is 1. The van der Waals surface area contributed by atoms with Gasteiger partial charge in [-0.1, -0.05) is 17.7 Å². The Kier molecular flexibility index (Phi) is 4.48. The number of rotatable bonds is 5. The molecule has 0 fully saturated rings. The van der Waals surface area contributed by atoms with Gasteiger partial charge in [0.25, 0.3) is 5.91 Å². The number of ether oxygens (including phenoxy) is 1. The van der Waals surface area contributed by atoms with Gasteiger partial charge in [0.05, 0.1) is 11.6 Å². The number of carbonyl (C=O) groups excluding carboxylic acids is 1. The zero-order valence-corrected chi connectivity index (χ0v) is 11.4. The Hall–Kier alpha value is -1.92. The molecule has 0 saturated heterocycles. The molecule has 2 rings (SSSR count). The topological polar surface area (TPSA) is 77.2 Å². The minimum atomic E-state index is -0.373. The first kappa shape index (κ1) is 13.5. The fourth-order valence-electron chi connectivity index (χ4n) is 1.49. The monoisotopic (exact) mass is 277 g/mol. The molecule has 1 amide bonds. The van der Waals surface area contributed by atoms with E-state index in [4.69, 9.17) is 10.6 Å². The summed E-state index contributed by atoms with van der Waals surface area (Å²) >= 11 is 1.42. The summed E-state index contributed by atoms with van der Waals surface area (Å²) in [6.07, 6.45) is 0.663. The number of aryl methyl sites for hydroxylation is 1. The molecule has 6 heteroatoms. The highest BCUT2D eigenvalue weighted by atomic mass is 32.1. The highest BCUT2D eigenvalue weighted by Gasteiger charge is 2.08. The molecule has 0 aliphatic rings. The van der Waals surface area contributed by atoms with E-state index in [1.54, 1.807) is 5.38 Å². The standard InChI is InChI=1S/C13H15N3O2S/c1-9-2-4-10(5-3-9)18-7-6-12-15-11(8-19-12)13(17)16-14/h2-5,8H,6-7,14H2,1H3,(H,16,17). The summed E-state index contributed by atoms with van der Waals surface area (Å²) < 4.78 is 5.60. The zero-order valence-electron chi connectivity index (χ0n) is 10.6. The molecule has 19 heavy (non-hydrogen) atoms. The third-order valence-electron chi connectivity index (χ3n) is 2.52. The number of hydrogen-bond donors (Lipinski definition) is 2. The zero-order chi connectivity index (χ0) is 13.7. The van der Waals surface area contributed by atoms with Crippen molar-refractivity contribution >= 4 is 17.2 Å². The van der Waals surface area contributed by atoms with Gasteiger partial charge >= 0.3 is 0 Å². The lowest BCUT2D eigenvalue weighted by atomic mass is 10.2. The fourth-order valence-corrected chi connectivity index (χ4v) is 2.25. The molecule has 0 aliphatic carbocycles. The quantitative estimate of drug-likeness (QED) is 0.495. The van der Waals surface area contributed by atoms with Crippen molar-refractivity contribution in [1.29, 1.82) is 0 Å². The maximum absolute atomic E-state index is 11.2. The van der Waals surface area contributed by atoms with E-state index >= 15 is 0 Å². The number of nitrogens with one attached hydrogen (secondary N) is 1. The second kappa shape index (κ2) is 6.31. The number of aromatic nitrogens is 1. The van der Waals surface area contributed by atoms with Crippen LogP contribution in [0.2, 0.25) is 0 Å². The van der Waals surface area contributed by atoms with Crippen LogP contribution in [0.25, 0.3) is 0 Å². The van der Waals surface area contributed by atoms with Crippen molar-refractivity contribution in [3.63, 3.8) is 0 Å². The van der Waals surface area contributed by atoms with Gasteiger partial charge in [-0.3, -0.25) is 10.2 Å². The van der Waals surface area contributed by atoms with Gasteiger partial charge in [0, 0.05) is 11.8 Å². The van der Waals surface area contributed by atoms with Crippen molar-refractivity contribution in [3.05, 3.63) is 45.9 Å². The van der Waals surface area contributed by atoms with E-state index in [-0.39, 0.29) is 5.91 Å². The second-order valence-electron chi connectivity index (χ2n) is 4.01. The first-order valence-corrected chi connectivity index (χ1v) is 6.72. The van der Waals surface area contributed by atoms with Crippen LogP contribution in [0.5, 0.6) is 5.75 Å². The largest absolute Gasteiger partial charge is 0.493 e. The van der Waals surface area contributed by atoms with E-state index in [2.05, 4.69) is 10.4 Å². The van der Waals surface area contributed by atoms with Crippen molar-refractivity contribution in [2.45, 2.75) is 13.3 Å². The average molecular weight is 277 g/mol. The van der Waals surface area contributed by atoms with E-state index in [9.17, 15) is 4.79 Å². The predicted octanol–water partition coefficient (Wildman–Crippen LogP) is 1.68. The fraction of sp³-hybridized carbons (Fsp3) is 0.231. The summed E-state index contributed by atoms with van der Waals surface area (Å²) in [6.45, 7) is 2.56. The number of nitrogens with two attached hydrogens (primary N) is 1. The smallest absolute Gasteiger partial charge is 0.284 e. The van der Waals surface area contributed by atoms with Crippen LogP contribution in [0.3, 0.4) is 0 Å². The number of hydrazine groups is 1. The summed E-state index contributed by atoms with van der Waals surface area (Å²) in [5.74, 6) is 5.50. The van der Waals surface area contributed by atoms with Crippen LogP contribution in [0.4, 0.5) is 0 Å². The summed E-state index contributed by atoms with van der Waals surface area (Å²) in [7, 11) is 0. The minimum Gasteiger partial charge on any atom is -0.493 e. The first-order chi connectivity index (χ1) is 9.19. The molecule has 0 aliphatic heterocycles. The molecule has 0 atom stereocenters. The van der Waals surface area contributed by atoms with Crippen molar-refractivity contribution in [3.8, 4) is 5.75 Å². The Balaban J connectivity index is 1.84. The Morgan fingerprint density at radius 1 is 1.42 bits per heavy atom. The summed E-state index contributed by atoms with van der Waals surface area (Å²) in [5, 5.41) is 2.54. The van der Waals surface area contributed by atoms with Crippen LogP contribution < -0.4 is 16.0 Å². The molecule has 100 valence electrons. The third-order valence-corrected chi connectivity index (χ3v) is 3.43. The highest BCUT2D eigenvalue weighted by molar-refractivity contribution is 7.09. The van der Waals surface area contributed by atoms with E-state index in [1.165, 1.54) is 16.9 Å². The number of amides is 1. The number of nitrogens with zero attached hydrogens (tertiary/aromatic N) is 1. The summed E-state index contributed by atoms with van der Waals surface area (Å²) in [4.78, 5) is 15.4. The minimum absolute atomic E-state index is 0.345. The average Bonchev–Trinajstić information content (AvgIpc) is 2.89. The summed E-state index contributed by atoms with van der Waals surface area (Å²) in [5.41, 5.74) is 3.60. The number of thiazole rings is 1. The lowest BCUT2D eigenvalue weighted by Crippen LogP contribution is -2.30. The van der Waals surface area contributed by atoms with Crippen molar-refractivity contribution in [2.24, 2.45) is 5.84 Å². The van der Waals surface area contributed by atoms with Crippen LogP contribution in [0, 0.1) is 6.92 Å². The molecule has 2 aromatic rings. The van der Waals surface area contributed by atoms with Crippen LogP contribution in [-0.2, 0) is 6.42 Å². The Labute approximate surface area is 115 Å². The molecule has 0 unspecified atom stereocenters. The lowest BCUT2D eigenvalue weighted by molar-refractivity contribution is 0.0949. The maximum Gasteiger partial charge on any atom is 0.284 e. The molecule has 1 aromatic heterocycles. The molecule has 0 spiro atoms. The van der Waals surface area contributed by atoms with Gasteiger partial charge in [-0.05, 0) is 19.1 Å². The van der Waals surface area contributed by atoms with Crippen molar-refractivity contribution < 1.29 is 9.53 Å². The Morgan fingerprint density at radius 2 is 2.16 bits per heavy atom. The van der Waals surface area contributed by atoms with E-state index < -0.39 is 0 Å². The maximum atomic E-state index is 11.2. The third kappa shape index (κ3) is 3.77. The molecule has 5 nitrogen and oxygen atoms in total. The van der Waals surface area contributed by atoms with Gasteiger partial charge < -0.3 is 4.74 Å². The Morgan fingerprint density at radius 3 is 2.84 bits per heavy atom. The number of hydrogen-bond acceptors (Lipinski definition) is 5. The van der Waals surface area contributed by atoms with Crippen LogP contribution in [0.1, 0.15) is 21.1 Å². The van der Waals surface area contributed by atoms with Gasteiger partial charge in [-0.2, -0.15) is 0 Å². The molecule has 1 aromatic carbocycles. The van der Waals surface area contributed by atoms with Crippen LogP contribution >= 0.6 is 11.3 Å². The lowest BCUT2D eigenvalue weighted by Gasteiger charge is -2.04. The van der Waals surface area contributed by atoms with Crippen molar-refractivity contribution in [1.82, 2.24) is 10.4 Å². The summed E-state index contributed by atoms with van der Waals surface area (Å²) in [6, 6.07) is 7.87. The van der Waals surface area contributed by atoms with Gasteiger partial charge in [-0.15, -0.1) is 11.3 Å². The molecule has 3 N–H and O–H groups in total. The highest BCUT2D eigenvalue weighted by Crippen LogP contribution is 2.14. The van der Waals surface area contributed by atoms with Crippen molar-refractivity contribution in [2.75, 3.05) is 6.61 Å². The predicted molar refractivity (Wildman–Crippen MR) is 74.1 cm³/mol. The molecular weight excluding hydrogens is 262 g/mol. The molecule has 0 bridgehead atoms. The normalized spacial score (nSPS) is 10.2. The van der Waals surface area contributed by atoms with Gasteiger partial charge in [0.15, 0.2) is 0 Å². The first-order valence-electron chi connectivity index (χ1n) is 5.84. The van der Waals surface area contributed by atoms with Crippen LogP contribution in [0.15, 0.2) is 29.6 Å². The number of nitrogen functional groups attached to an aromatic ring is 1. The SMILES string of the molecule is Cc1ccc(OCCc2nc(C(=O)NN)cs2)cc1. The van der Waals surface area contributed by atoms with Gasteiger partial charge in [0.1, 0.15) is 11.4 Å².